The smallest absolute Gasteiger partial charge is 0.122 e. The van der Waals surface area contributed by atoms with E-state index in [0.29, 0.717) is 0 Å². The number of nitrogens with one attached hydrogen (secondary N) is 1. The number of fused-ring (bicyclic) bond motifs is 1. The minimum atomic E-state index is 0.718. The highest BCUT2D eigenvalue weighted by Crippen LogP contribution is 2.40. The normalized spacial score (nSPS) is 30.8. The van der Waals surface area contributed by atoms with E-state index in [1.165, 1.54) is 37.7 Å². The third-order valence-electron chi connectivity index (χ3n) is 4.65. The molecule has 3 unspecified atom stereocenters. The highest BCUT2D eigenvalue weighted by Gasteiger charge is 2.29. The summed E-state index contributed by atoms with van der Waals surface area (Å²) in [7, 11) is 2.09. The predicted molar refractivity (Wildman–Crippen MR) is 74.1 cm³/mol. The summed E-state index contributed by atoms with van der Waals surface area (Å²) in [6.07, 6.45) is 6.64. The number of benzene rings is 1. The monoisotopic (exact) mass is 245 g/mol. The van der Waals surface area contributed by atoms with Crippen LogP contribution in [0.3, 0.4) is 0 Å². The Morgan fingerprint density at radius 3 is 2.94 bits per heavy atom. The van der Waals surface area contributed by atoms with Crippen molar-refractivity contribution in [1.29, 1.82) is 0 Å². The van der Waals surface area contributed by atoms with E-state index in [-0.39, 0.29) is 0 Å². The van der Waals surface area contributed by atoms with E-state index in [4.69, 9.17) is 4.74 Å². The second-order valence-corrected chi connectivity index (χ2v) is 5.77. The maximum atomic E-state index is 5.75. The van der Waals surface area contributed by atoms with Gasteiger partial charge in [-0.2, -0.15) is 0 Å². The molecular formula is C16H23NO. The lowest BCUT2D eigenvalue weighted by Crippen LogP contribution is -2.22. The quantitative estimate of drug-likeness (QED) is 0.882. The van der Waals surface area contributed by atoms with Gasteiger partial charge in [-0.05, 0) is 62.6 Å². The fourth-order valence-electron chi connectivity index (χ4n) is 3.61. The maximum absolute atomic E-state index is 5.75. The van der Waals surface area contributed by atoms with Crippen molar-refractivity contribution in [3.63, 3.8) is 0 Å². The molecule has 0 radical (unpaired) electrons. The zero-order valence-electron chi connectivity index (χ0n) is 11.2. The van der Waals surface area contributed by atoms with Crippen molar-refractivity contribution in [1.82, 2.24) is 5.32 Å². The van der Waals surface area contributed by atoms with Gasteiger partial charge in [0.15, 0.2) is 0 Å². The molecule has 1 aromatic carbocycles. The number of hydrogen-bond donors (Lipinski definition) is 1. The summed E-state index contributed by atoms with van der Waals surface area (Å²) in [4.78, 5) is 0. The Labute approximate surface area is 110 Å². The van der Waals surface area contributed by atoms with Gasteiger partial charge in [0.25, 0.3) is 0 Å². The first-order valence-electron chi connectivity index (χ1n) is 7.26. The van der Waals surface area contributed by atoms with Crippen molar-refractivity contribution >= 4 is 0 Å². The van der Waals surface area contributed by atoms with Gasteiger partial charge in [-0.15, -0.1) is 0 Å². The summed E-state index contributed by atoms with van der Waals surface area (Å²) >= 11 is 0. The minimum Gasteiger partial charge on any atom is -0.493 e. The lowest BCUT2D eigenvalue weighted by molar-refractivity contribution is 0.251. The summed E-state index contributed by atoms with van der Waals surface area (Å²) in [5.74, 6) is 2.74. The van der Waals surface area contributed by atoms with Crippen molar-refractivity contribution < 1.29 is 4.74 Å². The van der Waals surface area contributed by atoms with Crippen LogP contribution in [-0.2, 0) is 0 Å². The molecule has 0 aromatic heterocycles. The molecule has 1 N–H and O–H groups in total. The largest absolute Gasteiger partial charge is 0.493 e. The standard InChI is InChI=1S/C16H23NO/c1-17-14-7-6-12(11-14)10-13-8-9-18-16-5-3-2-4-15(13)16/h2-5,12-14,17H,6-11H2,1H3. The highest BCUT2D eigenvalue weighted by atomic mass is 16.5. The van der Waals surface area contributed by atoms with E-state index < -0.39 is 0 Å². The second kappa shape index (κ2) is 5.31. The number of para-hydroxylation sites is 1. The van der Waals surface area contributed by atoms with E-state index in [2.05, 4.69) is 36.6 Å². The molecule has 0 spiro atoms. The van der Waals surface area contributed by atoms with Gasteiger partial charge in [-0.25, -0.2) is 0 Å². The van der Waals surface area contributed by atoms with Crippen molar-refractivity contribution in [2.75, 3.05) is 13.7 Å². The zero-order chi connectivity index (χ0) is 12.4. The Hall–Kier alpha value is -1.02. The maximum Gasteiger partial charge on any atom is 0.122 e. The second-order valence-electron chi connectivity index (χ2n) is 5.77. The molecule has 2 nitrogen and oxygen atoms in total. The Bertz CT molecular complexity index is 404. The third kappa shape index (κ3) is 2.39. The number of hydrogen-bond acceptors (Lipinski definition) is 2. The van der Waals surface area contributed by atoms with Crippen LogP contribution in [0.25, 0.3) is 0 Å². The summed E-state index contributed by atoms with van der Waals surface area (Å²) < 4.78 is 5.75. The summed E-state index contributed by atoms with van der Waals surface area (Å²) in [6, 6.07) is 9.35. The molecule has 1 aliphatic heterocycles. The average Bonchev–Trinajstić information content (AvgIpc) is 2.87. The van der Waals surface area contributed by atoms with E-state index in [0.717, 1.165) is 30.2 Å². The van der Waals surface area contributed by atoms with Crippen LogP contribution in [0.4, 0.5) is 0 Å². The van der Waals surface area contributed by atoms with Crippen molar-refractivity contribution in [2.45, 2.75) is 44.1 Å². The lowest BCUT2D eigenvalue weighted by atomic mass is 9.84. The molecule has 1 heterocycles. The number of ether oxygens (including phenoxy) is 1. The van der Waals surface area contributed by atoms with Crippen LogP contribution < -0.4 is 10.1 Å². The van der Waals surface area contributed by atoms with Gasteiger partial charge >= 0.3 is 0 Å². The van der Waals surface area contributed by atoms with Crippen LogP contribution in [0.2, 0.25) is 0 Å². The molecule has 0 saturated heterocycles. The van der Waals surface area contributed by atoms with Crippen LogP contribution in [0.1, 0.15) is 43.6 Å². The van der Waals surface area contributed by atoms with Crippen LogP contribution in [0.5, 0.6) is 5.75 Å². The first-order chi connectivity index (χ1) is 8.86. The summed E-state index contributed by atoms with van der Waals surface area (Å²) in [5, 5.41) is 3.43. The Balaban J connectivity index is 1.67. The number of rotatable bonds is 3. The molecule has 3 rings (SSSR count). The fraction of sp³-hybridized carbons (Fsp3) is 0.625. The van der Waals surface area contributed by atoms with Crippen LogP contribution in [0.15, 0.2) is 24.3 Å². The van der Waals surface area contributed by atoms with Crippen LogP contribution in [0, 0.1) is 5.92 Å². The van der Waals surface area contributed by atoms with Crippen LogP contribution >= 0.6 is 0 Å². The first kappa shape index (κ1) is 12.0. The summed E-state index contributed by atoms with van der Waals surface area (Å²) in [6.45, 7) is 0.893. The van der Waals surface area contributed by atoms with Gasteiger partial charge in [0.2, 0.25) is 0 Å². The van der Waals surface area contributed by atoms with Crippen molar-refractivity contribution in [3.8, 4) is 5.75 Å². The van der Waals surface area contributed by atoms with Gasteiger partial charge in [-0.1, -0.05) is 18.2 Å². The van der Waals surface area contributed by atoms with Gasteiger partial charge in [0, 0.05) is 6.04 Å². The molecule has 2 heteroatoms. The Morgan fingerprint density at radius 2 is 2.11 bits per heavy atom. The van der Waals surface area contributed by atoms with Gasteiger partial charge in [0.05, 0.1) is 6.61 Å². The van der Waals surface area contributed by atoms with E-state index in [1.54, 1.807) is 0 Å². The Morgan fingerprint density at radius 1 is 1.22 bits per heavy atom. The fourth-order valence-corrected chi connectivity index (χ4v) is 3.61. The van der Waals surface area contributed by atoms with Gasteiger partial charge < -0.3 is 10.1 Å². The average molecular weight is 245 g/mol. The van der Waals surface area contributed by atoms with Crippen LogP contribution in [-0.4, -0.2) is 19.7 Å². The molecule has 1 aromatic rings. The van der Waals surface area contributed by atoms with E-state index in [9.17, 15) is 0 Å². The highest BCUT2D eigenvalue weighted by molar-refractivity contribution is 5.37. The van der Waals surface area contributed by atoms with Crippen molar-refractivity contribution in [3.05, 3.63) is 29.8 Å². The lowest BCUT2D eigenvalue weighted by Gasteiger charge is -2.27. The molecule has 0 amide bonds. The minimum absolute atomic E-state index is 0.718. The third-order valence-corrected chi connectivity index (χ3v) is 4.65. The van der Waals surface area contributed by atoms with E-state index >= 15 is 0 Å². The van der Waals surface area contributed by atoms with Gasteiger partial charge in [-0.3, -0.25) is 0 Å². The molecule has 2 aliphatic rings. The van der Waals surface area contributed by atoms with E-state index in [1.807, 2.05) is 0 Å². The first-order valence-corrected chi connectivity index (χ1v) is 7.26. The predicted octanol–water partition coefficient (Wildman–Crippen LogP) is 3.33. The molecule has 1 fully saturated rings. The molecule has 0 bridgehead atoms. The molecule has 1 aliphatic carbocycles. The molecule has 3 atom stereocenters. The zero-order valence-corrected chi connectivity index (χ0v) is 11.2. The Kier molecular flexibility index (Phi) is 3.55. The topological polar surface area (TPSA) is 21.3 Å². The molecule has 1 saturated carbocycles. The summed E-state index contributed by atoms with van der Waals surface area (Å²) in [5.41, 5.74) is 1.44. The molecule has 18 heavy (non-hydrogen) atoms. The SMILES string of the molecule is CNC1CCC(CC2CCOc3ccccc32)C1. The van der Waals surface area contributed by atoms with Crippen molar-refractivity contribution in [2.24, 2.45) is 5.92 Å². The molecular weight excluding hydrogens is 222 g/mol. The van der Waals surface area contributed by atoms with Gasteiger partial charge in [0.1, 0.15) is 5.75 Å². The molecule has 98 valence electrons.